The summed E-state index contributed by atoms with van der Waals surface area (Å²) in [5.41, 5.74) is 0. The Hall–Kier alpha value is 2.18. The van der Waals surface area contributed by atoms with Crippen LogP contribution in [0.5, 0.6) is 0 Å². The van der Waals surface area contributed by atoms with Crippen molar-refractivity contribution in [1.29, 1.82) is 0 Å². The van der Waals surface area contributed by atoms with Gasteiger partial charge in [-0.15, -0.1) is 0 Å². The van der Waals surface area contributed by atoms with Gasteiger partial charge in [-0.2, -0.15) is 0 Å². The van der Waals surface area contributed by atoms with Crippen molar-refractivity contribution in [3.8, 4) is 0 Å². The molecule has 0 aromatic heterocycles. The molecule has 7 heteroatoms. The maximum absolute atomic E-state index is 0. The Morgan fingerprint density at radius 3 is 0.429 bits per heavy atom. The molecule has 2 nitrogen and oxygen atoms in total. The molecule has 3 radical (unpaired) electrons. The van der Waals surface area contributed by atoms with Gasteiger partial charge < -0.3 is 37.9 Å². The first-order chi connectivity index (χ1) is 0. The van der Waals surface area contributed by atoms with Gasteiger partial charge in [-0.3, -0.25) is 0 Å². The Balaban J connectivity index is 0. The van der Waals surface area contributed by atoms with Crippen LogP contribution in [-0.4, -0.2) is 11.0 Å². The first-order valence-corrected chi connectivity index (χ1v) is 0. The van der Waals surface area contributed by atoms with Crippen molar-refractivity contribution < 1.29 is 62.2 Å². The fourth-order valence-corrected chi connectivity index (χ4v) is 0. The molecule has 0 atom stereocenters. The van der Waals surface area contributed by atoms with E-state index in [1.54, 1.807) is 0 Å². The number of hydrogen-bond donors (Lipinski definition) is 0. The van der Waals surface area contributed by atoms with E-state index in [4.69, 9.17) is 0 Å². The summed E-state index contributed by atoms with van der Waals surface area (Å²) in [5.74, 6) is 0. The van der Waals surface area contributed by atoms with Gasteiger partial charge in [0, 0.05) is 0 Å². The molecule has 2 N–H and O–H groups in total. The van der Waals surface area contributed by atoms with E-state index in [2.05, 4.69) is 0 Å². The van der Waals surface area contributed by atoms with Crippen LogP contribution in [0.2, 0.25) is 0 Å². The second kappa shape index (κ2) is 88.8. The van der Waals surface area contributed by atoms with Gasteiger partial charge in [0.1, 0.15) is 0 Å². The van der Waals surface area contributed by atoms with Crippen molar-refractivity contribution in [2.75, 3.05) is 0 Å². The summed E-state index contributed by atoms with van der Waals surface area (Å²) in [6.45, 7) is 0. The molecule has 7 heavy (non-hydrogen) atoms. The first-order valence-electron chi connectivity index (χ1n) is 0. The van der Waals surface area contributed by atoms with Crippen molar-refractivity contribution in [3.63, 3.8) is 0 Å². The molecule has 0 aliphatic heterocycles. The summed E-state index contributed by atoms with van der Waals surface area (Å²) in [6.07, 6.45) is 0. The van der Waals surface area contributed by atoms with E-state index in [1.807, 2.05) is 0 Å². The van der Waals surface area contributed by atoms with Gasteiger partial charge in [-0.1, -0.05) is 0 Å². The van der Waals surface area contributed by atoms with E-state index in [1.165, 1.54) is 0 Å². The summed E-state index contributed by atoms with van der Waals surface area (Å²) in [7, 11) is 0. The monoisotopic (exact) mass is 287 g/mol. The second-order valence-corrected chi connectivity index (χ2v) is 0. The quantitative estimate of drug-likeness (QED) is 0.571. The molecule has 0 spiro atoms. The zero-order valence-electron chi connectivity index (χ0n) is 2.62. The smallest absolute Gasteiger partial charge is 2.00 e. The molecule has 0 amide bonds. The van der Waals surface area contributed by atoms with E-state index in [-0.39, 0.29) is 89.1 Å². The molecule has 0 aliphatic rings. The Labute approximate surface area is 88.5 Å². The van der Waals surface area contributed by atoms with Gasteiger partial charge in [0.05, 0.1) is 0 Å². The van der Waals surface area contributed by atoms with Crippen LogP contribution in [0.15, 0.2) is 0 Å². The van der Waals surface area contributed by atoms with Crippen molar-refractivity contribution >= 4 is 27.0 Å². The maximum Gasteiger partial charge on any atom is 2.00 e. The van der Waals surface area contributed by atoms with E-state index >= 15 is 0 Å². The zero-order valence-corrected chi connectivity index (χ0v) is 7.07. The maximum atomic E-state index is 0. The molecule has 0 unspecified atom stereocenters. The van der Waals surface area contributed by atoms with Crippen molar-refractivity contribution in [2.45, 2.75) is 0 Å². The van der Waals surface area contributed by atoms with Gasteiger partial charge in [-0.25, -0.2) is 0 Å². The molecule has 0 aromatic carbocycles. The van der Waals surface area contributed by atoms with Crippen LogP contribution in [0.1, 0.15) is 0 Å². The fourth-order valence-electron chi connectivity index (χ4n) is 0. The Morgan fingerprint density at radius 1 is 0.429 bits per heavy atom. The van der Waals surface area contributed by atoms with E-state index in [0.29, 0.717) is 0 Å². The topological polar surface area (TPSA) is 60.0 Å². The van der Waals surface area contributed by atoms with Crippen LogP contribution in [0.3, 0.4) is 0 Å². The molecule has 0 aliphatic carbocycles. The van der Waals surface area contributed by atoms with Crippen LogP contribution < -0.4 is 0 Å². The van der Waals surface area contributed by atoms with Crippen LogP contribution in [-0.2, 0) is 78.2 Å². The second-order valence-electron chi connectivity index (χ2n) is 0. The van der Waals surface area contributed by atoms with Crippen LogP contribution in [0.4, 0.5) is 0 Å². The number of rotatable bonds is 0. The number of hydrogen-bond acceptors (Lipinski definition) is 2. The third kappa shape index (κ3) is 65.8. The Morgan fingerprint density at radius 2 is 0.429 bits per heavy atom. The molecule has 0 heterocycles. The molecule has 0 saturated heterocycles. The molecule has 0 aromatic rings. The summed E-state index contributed by atoms with van der Waals surface area (Å²) >= 11 is 0. The molecule has 0 saturated carbocycles. The van der Waals surface area contributed by atoms with Crippen LogP contribution in [0.25, 0.3) is 0 Å². The summed E-state index contributed by atoms with van der Waals surface area (Å²) in [6, 6.07) is 0. The summed E-state index contributed by atoms with van der Waals surface area (Å²) < 4.78 is 0. The van der Waals surface area contributed by atoms with Crippen molar-refractivity contribution in [3.05, 3.63) is 0 Å². The van der Waals surface area contributed by atoms with Gasteiger partial charge in [0.15, 0.2) is 0 Å². The molecule has 0 bridgehead atoms. The predicted octanol–water partition coefficient (Wildman–Crippen LogP) is -0.366. The molecular weight excluding hydrogens is 287 g/mol. The van der Waals surface area contributed by atoms with Crippen molar-refractivity contribution in [2.24, 2.45) is 0 Å². The largest absolute Gasteiger partial charge is 2.00 e. The van der Waals surface area contributed by atoms with Gasteiger partial charge in [-0.05, 0) is 0 Å². The molecule has 0 fully saturated rings. The van der Waals surface area contributed by atoms with E-state index in [0.717, 1.165) is 0 Å². The minimum absolute atomic E-state index is 0. The zero-order chi connectivity index (χ0) is 0. The van der Waals surface area contributed by atoms with Gasteiger partial charge >= 0.3 is 51.2 Å². The summed E-state index contributed by atoms with van der Waals surface area (Å²) in [5, 5.41) is 0. The molecular formula is H2Cu3O2S2. The minimum atomic E-state index is 0. The van der Waals surface area contributed by atoms with Gasteiger partial charge in [0.25, 0.3) is 0 Å². The fraction of sp³-hybridized carbons (Fsp3) is 0. The Bertz CT molecular complexity index is 10.9. The summed E-state index contributed by atoms with van der Waals surface area (Å²) in [4.78, 5) is 0. The first kappa shape index (κ1) is 129. The van der Waals surface area contributed by atoms with E-state index in [9.17, 15) is 0 Å². The van der Waals surface area contributed by atoms with Gasteiger partial charge in [0.2, 0.25) is 0 Å². The van der Waals surface area contributed by atoms with Crippen LogP contribution >= 0.6 is 0 Å². The SMILES string of the molecule is [Cu+2].[Cu+2].[Cu+2].[OH-].[OH-].[S-2].[S-2]. The average molecular weight is 289 g/mol. The third-order valence-electron chi connectivity index (χ3n) is 0. The van der Waals surface area contributed by atoms with Crippen LogP contribution in [0, 0.1) is 0 Å². The van der Waals surface area contributed by atoms with E-state index < -0.39 is 0 Å². The van der Waals surface area contributed by atoms with Crippen molar-refractivity contribution in [1.82, 2.24) is 0 Å². The normalized spacial score (nSPS) is 0. The molecule has 0 rings (SSSR count). The molecule has 59 valence electrons. The standard InChI is InChI=1S/3Cu.2H2O.2S/h;;;2*1H2;;/q3*+2;;;2*-2/p-2. The average Bonchev–Trinajstić information content (AvgIpc) is 0. The third-order valence-corrected chi connectivity index (χ3v) is 0. The Kier molecular flexibility index (Phi) is 1640. The predicted molar refractivity (Wildman–Crippen MR) is 18.6 cm³/mol. The minimum Gasteiger partial charge on any atom is -2.00 e.